The average molecular weight is 901 g/mol. The van der Waals surface area contributed by atoms with E-state index in [9.17, 15) is 19.2 Å². The van der Waals surface area contributed by atoms with E-state index in [0.717, 1.165) is 77.2 Å². The van der Waals surface area contributed by atoms with Crippen LogP contribution in [0.1, 0.15) is 226 Å². The summed E-state index contributed by atoms with van der Waals surface area (Å²) in [7, 11) is 7.76. The summed E-state index contributed by atoms with van der Waals surface area (Å²) < 4.78 is 23.8. The molecular weight excluding hydrogens is 805 g/mol. The van der Waals surface area contributed by atoms with Crippen LogP contribution in [0.5, 0.6) is 0 Å². The van der Waals surface area contributed by atoms with Gasteiger partial charge in [-0.25, -0.2) is 0 Å². The third kappa shape index (κ3) is 31.2. The Morgan fingerprint density at radius 2 is 0.906 bits per heavy atom. The van der Waals surface area contributed by atoms with Gasteiger partial charge in [0.25, 0.3) is 6.29 Å². The first-order valence-corrected chi connectivity index (χ1v) is 26.0. The van der Waals surface area contributed by atoms with Gasteiger partial charge in [0, 0.05) is 25.7 Å². The molecule has 0 fully saturated rings. The van der Waals surface area contributed by atoms with Crippen LogP contribution in [-0.2, 0) is 38.1 Å². The van der Waals surface area contributed by atoms with Crippen molar-refractivity contribution < 1.29 is 38.1 Å². The second kappa shape index (κ2) is 39.4. The fraction of sp³-hybridized carbons (Fsp3) is 0.815. The minimum Gasteiger partial charge on any atom is -0.462 e. The van der Waals surface area contributed by atoms with Crippen LogP contribution in [0.2, 0.25) is 0 Å². The van der Waals surface area contributed by atoms with Crippen LogP contribution < -0.4 is 0 Å². The lowest BCUT2D eigenvalue weighted by atomic mass is 9.90. The van der Waals surface area contributed by atoms with Crippen molar-refractivity contribution in [1.29, 1.82) is 0 Å². The average Bonchev–Trinajstić information content (AvgIpc) is 3.51. The van der Waals surface area contributed by atoms with Crippen molar-refractivity contribution in [2.24, 2.45) is 0 Å². The molecule has 1 heterocycles. The molecule has 64 heavy (non-hydrogen) atoms. The molecule has 10 nitrogen and oxygen atoms in total. The second-order valence-corrected chi connectivity index (χ2v) is 18.9. The molecule has 1 unspecified atom stereocenters. The third-order valence-electron chi connectivity index (χ3n) is 11.9. The number of ether oxygens (including phenoxy) is 4. The van der Waals surface area contributed by atoms with E-state index in [1.54, 1.807) is 6.92 Å². The second-order valence-electron chi connectivity index (χ2n) is 18.9. The highest BCUT2D eigenvalue weighted by Crippen LogP contribution is 2.40. The van der Waals surface area contributed by atoms with Crippen LogP contribution in [0.15, 0.2) is 35.6 Å². The molecule has 10 heteroatoms. The Balaban J connectivity index is 2.92. The van der Waals surface area contributed by atoms with Gasteiger partial charge in [0.1, 0.15) is 12.2 Å². The van der Waals surface area contributed by atoms with Gasteiger partial charge < -0.3 is 28.7 Å². The first-order chi connectivity index (χ1) is 30.9. The molecule has 0 amide bonds. The van der Waals surface area contributed by atoms with Crippen molar-refractivity contribution in [2.75, 3.05) is 47.9 Å². The topological polar surface area (TPSA) is 112 Å². The summed E-state index contributed by atoms with van der Waals surface area (Å²) in [5.74, 6) is -1.77. The van der Waals surface area contributed by atoms with Crippen molar-refractivity contribution in [2.45, 2.75) is 238 Å². The number of hydrogen-bond acceptors (Lipinski definition) is 10. The first-order valence-electron chi connectivity index (χ1n) is 26.0. The number of esters is 3. The quantitative estimate of drug-likeness (QED) is 0.0254. The van der Waals surface area contributed by atoms with Gasteiger partial charge in [-0.3, -0.25) is 19.2 Å². The van der Waals surface area contributed by atoms with E-state index >= 15 is 0 Å². The number of unbranched alkanes of at least 4 members (excludes halogenated alkanes) is 22. The summed E-state index contributed by atoms with van der Waals surface area (Å²) >= 11 is 0. The Labute approximate surface area is 392 Å². The maximum atomic E-state index is 14.2. The Morgan fingerprint density at radius 1 is 0.516 bits per heavy atom. The van der Waals surface area contributed by atoms with E-state index in [4.69, 9.17) is 18.9 Å². The number of allylic oxidation sites excluding steroid dienone is 4. The molecule has 1 aliphatic heterocycles. The van der Waals surface area contributed by atoms with Crippen LogP contribution in [0, 0.1) is 0 Å². The van der Waals surface area contributed by atoms with Gasteiger partial charge >= 0.3 is 17.9 Å². The van der Waals surface area contributed by atoms with Crippen LogP contribution in [0.3, 0.4) is 0 Å². The molecule has 2 atom stereocenters. The van der Waals surface area contributed by atoms with Gasteiger partial charge in [0.05, 0.1) is 5.57 Å². The molecule has 370 valence electrons. The Hall–Kier alpha value is -2.82. The zero-order valence-electron chi connectivity index (χ0n) is 42.3. The molecule has 0 N–H and O–H groups in total. The molecule has 0 spiro atoms. The predicted molar refractivity (Wildman–Crippen MR) is 263 cm³/mol. The van der Waals surface area contributed by atoms with E-state index in [1.807, 2.05) is 38.0 Å². The lowest BCUT2D eigenvalue weighted by Gasteiger charge is -2.26. The van der Waals surface area contributed by atoms with E-state index in [1.165, 1.54) is 83.5 Å². The number of carbonyl (C=O) groups excluding carboxylic acids is 4. The molecule has 0 saturated carbocycles. The van der Waals surface area contributed by atoms with Crippen LogP contribution in [0.4, 0.5) is 0 Å². The van der Waals surface area contributed by atoms with Gasteiger partial charge in [-0.15, -0.1) is 0 Å². The Morgan fingerprint density at radius 3 is 1.36 bits per heavy atom. The lowest BCUT2D eigenvalue weighted by molar-refractivity contribution is -0.198. The van der Waals surface area contributed by atoms with Crippen LogP contribution in [0.25, 0.3) is 0 Å². The van der Waals surface area contributed by atoms with Crippen LogP contribution >= 0.6 is 0 Å². The fourth-order valence-electron chi connectivity index (χ4n) is 7.99. The Kier molecular flexibility index (Phi) is 36.4. The van der Waals surface area contributed by atoms with E-state index in [-0.39, 0.29) is 49.4 Å². The normalized spacial score (nSPS) is 16.5. The summed E-state index contributed by atoms with van der Waals surface area (Å²) in [5, 5.41) is 0. The van der Waals surface area contributed by atoms with Crippen molar-refractivity contribution in [3.63, 3.8) is 0 Å². The minimum absolute atomic E-state index is 0.0809. The maximum Gasteiger partial charge on any atom is 0.311 e. The lowest BCUT2D eigenvalue weighted by Crippen LogP contribution is -2.39. The third-order valence-corrected chi connectivity index (χ3v) is 11.9. The van der Waals surface area contributed by atoms with Gasteiger partial charge in [-0.1, -0.05) is 141 Å². The summed E-state index contributed by atoms with van der Waals surface area (Å²) in [5.41, 5.74) is -1.35. The zero-order valence-corrected chi connectivity index (χ0v) is 42.3. The van der Waals surface area contributed by atoms with Gasteiger partial charge in [0.2, 0.25) is 0 Å². The molecule has 0 aromatic rings. The summed E-state index contributed by atoms with van der Waals surface area (Å²) in [6, 6.07) is 0. The number of rotatable bonds is 43. The highest BCUT2D eigenvalue weighted by molar-refractivity contribution is 5.99. The number of Topliss-reactive ketones (excluding diaryl/α,β-unsaturated/α-hetero) is 1. The molecule has 0 aromatic heterocycles. The smallest absolute Gasteiger partial charge is 0.311 e. The number of carbonyl (C=O) groups is 4. The van der Waals surface area contributed by atoms with Gasteiger partial charge in [-0.05, 0) is 125 Å². The minimum atomic E-state index is -1.47. The molecule has 0 aliphatic carbocycles. The molecule has 0 bridgehead atoms. The predicted octanol–water partition coefficient (Wildman–Crippen LogP) is 13.3. The molecule has 0 radical (unpaired) electrons. The standard InChI is InChI=1S/C54H96N2O8/c1-8-10-12-14-16-18-20-22-24-26-28-30-32-34-36-40-47(57)51-52(62-49(59)41-37-35-33-31-29-27-25-23-21-19-17-15-13-11-9-2)53(63-50(60)43-39-45-56(6)7)64-54(51,3)46-61-48(58)42-38-44-55(4)5/h22-25,53H,8-21,26-46H2,1-7H3/b24-22-,25-23-/t53-,54?/m1/s1. The number of hydrogen-bond donors (Lipinski definition) is 0. The molecule has 0 aromatic carbocycles. The van der Waals surface area contributed by atoms with Crippen molar-refractivity contribution in [1.82, 2.24) is 9.80 Å². The van der Waals surface area contributed by atoms with Crippen molar-refractivity contribution in [3.8, 4) is 0 Å². The number of nitrogens with zero attached hydrogens (tertiary/aromatic N) is 2. The molecule has 0 saturated heterocycles. The fourth-order valence-corrected chi connectivity index (χ4v) is 7.99. The van der Waals surface area contributed by atoms with Crippen molar-refractivity contribution in [3.05, 3.63) is 35.6 Å². The SMILES string of the molecule is CCCCCCCC/C=C\CCCCCCCC(=O)OC1=C(C(=O)CCCCCCC/C=C\CCCCCCCC)C(C)(COC(=O)CCCN(C)C)O[C@H]1OC(=O)CCCN(C)C. The monoisotopic (exact) mass is 901 g/mol. The first kappa shape index (κ1) is 59.2. The van der Waals surface area contributed by atoms with E-state index in [0.29, 0.717) is 32.2 Å². The van der Waals surface area contributed by atoms with Gasteiger partial charge in [0.15, 0.2) is 11.5 Å². The van der Waals surface area contributed by atoms with Gasteiger partial charge in [-0.2, -0.15) is 0 Å². The summed E-state index contributed by atoms with van der Waals surface area (Å²) in [6.07, 6.45) is 39.6. The molecule has 1 aliphatic rings. The van der Waals surface area contributed by atoms with Crippen LogP contribution in [-0.4, -0.2) is 93.3 Å². The zero-order chi connectivity index (χ0) is 47.1. The maximum absolute atomic E-state index is 14.2. The van der Waals surface area contributed by atoms with E-state index < -0.39 is 29.8 Å². The largest absolute Gasteiger partial charge is 0.462 e. The molecule has 1 rings (SSSR count). The number of ketones is 1. The highest BCUT2D eigenvalue weighted by atomic mass is 16.7. The Bertz CT molecular complexity index is 1320. The van der Waals surface area contributed by atoms with Crippen molar-refractivity contribution >= 4 is 23.7 Å². The highest BCUT2D eigenvalue weighted by Gasteiger charge is 2.51. The summed E-state index contributed by atoms with van der Waals surface area (Å²) in [4.78, 5) is 57.7. The molecular formula is C54H96N2O8. The van der Waals surface area contributed by atoms with E-state index in [2.05, 4.69) is 38.2 Å². The summed E-state index contributed by atoms with van der Waals surface area (Å²) in [6.45, 7) is 7.31.